The molecular formula is C11H14N4S. The Balaban J connectivity index is 1.96. The molecule has 0 aliphatic rings. The van der Waals surface area contributed by atoms with Crippen molar-refractivity contribution < 1.29 is 0 Å². The first kappa shape index (κ1) is 11.0. The smallest absolute Gasteiger partial charge is 0.216 e. The van der Waals surface area contributed by atoms with Crippen LogP contribution < -0.4 is 11.3 Å². The van der Waals surface area contributed by atoms with Crippen LogP contribution in [0, 0.1) is 6.92 Å². The fourth-order valence-corrected chi connectivity index (χ4v) is 2.06. The predicted molar refractivity (Wildman–Crippen MR) is 66.3 cm³/mol. The Hall–Kier alpha value is -1.46. The second-order valence-electron chi connectivity index (χ2n) is 3.65. The average Bonchev–Trinajstić information content (AvgIpc) is 2.74. The number of aromatic nitrogens is 2. The highest BCUT2D eigenvalue weighted by molar-refractivity contribution is 7.09. The van der Waals surface area contributed by atoms with Gasteiger partial charge in [0.15, 0.2) is 0 Å². The van der Waals surface area contributed by atoms with Gasteiger partial charge in [-0.3, -0.25) is 5.43 Å². The van der Waals surface area contributed by atoms with Gasteiger partial charge in [-0.1, -0.05) is 29.8 Å². The molecule has 0 atom stereocenters. The zero-order valence-electron chi connectivity index (χ0n) is 9.10. The first-order valence-electron chi connectivity index (χ1n) is 5.12. The van der Waals surface area contributed by atoms with E-state index in [9.17, 15) is 0 Å². The standard InChI is InChI=1S/C11H14N4S/c1-8-3-2-4-9(7-8)5-6-10-13-11(14-12)16-15-10/h2-4,7H,5-6,12H2,1H3,(H,13,14,15). The molecule has 16 heavy (non-hydrogen) atoms. The minimum atomic E-state index is 0.666. The van der Waals surface area contributed by atoms with Crippen molar-refractivity contribution in [3.05, 3.63) is 41.2 Å². The number of rotatable bonds is 4. The maximum absolute atomic E-state index is 5.25. The highest BCUT2D eigenvalue weighted by Gasteiger charge is 2.03. The third-order valence-electron chi connectivity index (χ3n) is 2.31. The van der Waals surface area contributed by atoms with E-state index in [0.717, 1.165) is 18.7 Å². The maximum atomic E-state index is 5.25. The molecule has 1 heterocycles. The summed E-state index contributed by atoms with van der Waals surface area (Å²) in [5.74, 6) is 6.09. The summed E-state index contributed by atoms with van der Waals surface area (Å²) < 4.78 is 4.21. The van der Waals surface area contributed by atoms with E-state index in [0.29, 0.717) is 5.13 Å². The molecule has 0 saturated carbocycles. The van der Waals surface area contributed by atoms with Gasteiger partial charge in [-0.15, -0.1) is 0 Å². The van der Waals surface area contributed by atoms with Crippen molar-refractivity contribution in [1.29, 1.82) is 0 Å². The highest BCUT2D eigenvalue weighted by Crippen LogP contribution is 2.12. The number of nitrogens with two attached hydrogens (primary N) is 1. The van der Waals surface area contributed by atoms with Gasteiger partial charge in [0.1, 0.15) is 5.82 Å². The lowest BCUT2D eigenvalue weighted by atomic mass is 10.1. The second kappa shape index (κ2) is 5.05. The first-order chi connectivity index (χ1) is 7.78. The van der Waals surface area contributed by atoms with Crippen molar-refractivity contribution in [2.24, 2.45) is 5.84 Å². The number of hydrogen-bond acceptors (Lipinski definition) is 5. The first-order valence-corrected chi connectivity index (χ1v) is 5.90. The molecule has 5 heteroatoms. The number of nitrogens with zero attached hydrogens (tertiary/aromatic N) is 2. The molecule has 1 aromatic carbocycles. The summed E-state index contributed by atoms with van der Waals surface area (Å²) in [6.07, 6.45) is 1.81. The van der Waals surface area contributed by atoms with Gasteiger partial charge in [0.05, 0.1) is 0 Å². The van der Waals surface area contributed by atoms with Crippen LogP contribution in [0.5, 0.6) is 0 Å². The van der Waals surface area contributed by atoms with Crippen molar-refractivity contribution in [1.82, 2.24) is 9.36 Å². The third kappa shape index (κ3) is 2.77. The van der Waals surface area contributed by atoms with E-state index in [-0.39, 0.29) is 0 Å². The van der Waals surface area contributed by atoms with Crippen LogP contribution in [-0.4, -0.2) is 9.36 Å². The Morgan fingerprint density at radius 2 is 2.25 bits per heavy atom. The van der Waals surface area contributed by atoms with Crippen LogP contribution >= 0.6 is 11.5 Å². The summed E-state index contributed by atoms with van der Waals surface area (Å²) >= 11 is 1.29. The molecule has 2 aromatic rings. The molecule has 4 nitrogen and oxygen atoms in total. The summed E-state index contributed by atoms with van der Waals surface area (Å²) in [5.41, 5.74) is 5.10. The van der Waals surface area contributed by atoms with Crippen LogP contribution in [0.15, 0.2) is 24.3 Å². The Bertz CT molecular complexity index is 467. The van der Waals surface area contributed by atoms with Crippen LogP contribution in [0.3, 0.4) is 0 Å². The van der Waals surface area contributed by atoms with Gasteiger partial charge in [0, 0.05) is 18.0 Å². The molecule has 0 saturated heterocycles. The number of benzene rings is 1. The SMILES string of the molecule is Cc1cccc(CCc2nsc(NN)n2)c1. The molecule has 0 amide bonds. The molecule has 2 rings (SSSR count). The van der Waals surface area contributed by atoms with E-state index in [1.165, 1.54) is 22.7 Å². The van der Waals surface area contributed by atoms with Crippen molar-refractivity contribution >= 4 is 16.7 Å². The number of anilines is 1. The van der Waals surface area contributed by atoms with Crippen LogP contribution in [-0.2, 0) is 12.8 Å². The molecule has 0 aliphatic carbocycles. The Morgan fingerprint density at radius 3 is 2.94 bits per heavy atom. The van der Waals surface area contributed by atoms with Gasteiger partial charge < -0.3 is 0 Å². The fraction of sp³-hybridized carbons (Fsp3) is 0.273. The monoisotopic (exact) mass is 234 g/mol. The van der Waals surface area contributed by atoms with Crippen LogP contribution in [0.4, 0.5) is 5.13 Å². The molecule has 3 N–H and O–H groups in total. The minimum absolute atomic E-state index is 0.666. The lowest BCUT2D eigenvalue weighted by Gasteiger charge is -1.99. The predicted octanol–water partition coefficient (Wildman–Crippen LogP) is 1.92. The number of hydrazine groups is 1. The zero-order chi connectivity index (χ0) is 11.4. The van der Waals surface area contributed by atoms with E-state index < -0.39 is 0 Å². The average molecular weight is 234 g/mol. The van der Waals surface area contributed by atoms with Gasteiger partial charge in [-0.05, 0) is 18.9 Å². The number of hydrogen-bond donors (Lipinski definition) is 2. The third-order valence-corrected chi connectivity index (χ3v) is 3.00. The second-order valence-corrected chi connectivity index (χ2v) is 4.40. The largest absolute Gasteiger partial charge is 0.299 e. The van der Waals surface area contributed by atoms with Gasteiger partial charge in [-0.25, -0.2) is 10.8 Å². The van der Waals surface area contributed by atoms with E-state index in [4.69, 9.17) is 5.84 Å². The summed E-state index contributed by atoms with van der Waals surface area (Å²) in [5, 5.41) is 0.666. The zero-order valence-corrected chi connectivity index (χ0v) is 9.92. The van der Waals surface area contributed by atoms with Gasteiger partial charge >= 0.3 is 0 Å². The molecule has 0 aliphatic heterocycles. The van der Waals surface area contributed by atoms with Crippen molar-refractivity contribution in [3.8, 4) is 0 Å². The van der Waals surface area contributed by atoms with Crippen molar-refractivity contribution in [2.45, 2.75) is 19.8 Å². The number of aryl methyl sites for hydroxylation is 3. The minimum Gasteiger partial charge on any atom is -0.299 e. The highest BCUT2D eigenvalue weighted by atomic mass is 32.1. The Kier molecular flexibility index (Phi) is 3.48. The lowest BCUT2D eigenvalue weighted by Crippen LogP contribution is -2.06. The van der Waals surface area contributed by atoms with Crippen LogP contribution in [0.1, 0.15) is 17.0 Å². The normalized spacial score (nSPS) is 10.4. The molecule has 0 spiro atoms. The summed E-state index contributed by atoms with van der Waals surface area (Å²) in [4.78, 5) is 4.24. The molecule has 84 valence electrons. The number of nitrogens with one attached hydrogen (secondary N) is 1. The van der Waals surface area contributed by atoms with Crippen LogP contribution in [0.25, 0.3) is 0 Å². The molecular weight excluding hydrogens is 220 g/mol. The fourth-order valence-electron chi connectivity index (χ4n) is 1.54. The molecule has 0 fully saturated rings. The van der Waals surface area contributed by atoms with Crippen LogP contribution in [0.2, 0.25) is 0 Å². The summed E-state index contributed by atoms with van der Waals surface area (Å²) in [6.45, 7) is 2.10. The molecule has 0 unspecified atom stereocenters. The lowest BCUT2D eigenvalue weighted by molar-refractivity contribution is 0.889. The van der Waals surface area contributed by atoms with E-state index in [1.54, 1.807) is 0 Å². The molecule has 0 bridgehead atoms. The maximum Gasteiger partial charge on any atom is 0.216 e. The Morgan fingerprint density at radius 1 is 1.38 bits per heavy atom. The van der Waals surface area contributed by atoms with Gasteiger partial charge in [-0.2, -0.15) is 4.37 Å². The number of nitrogen functional groups attached to an aromatic ring is 1. The van der Waals surface area contributed by atoms with Crippen molar-refractivity contribution in [3.63, 3.8) is 0 Å². The summed E-state index contributed by atoms with van der Waals surface area (Å²) in [7, 11) is 0. The quantitative estimate of drug-likeness (QED) is 0.626. The van der Waals surface area contributed by atoms with Gasteiger partial charge in [0.25, 0.3) is 0 Å². The van der Waals surface area contributed by atoms with Crippen molar-refractivity contribution in [2.75, 3.05) is 5.43 Å². The van der Waals surface area contributed by atoms with Gasteiger partial charge in [0.2, 0.25) is 5.13 Å². The molecule has 0 radical (unpaired) electrons. The Labute approximate surface area is 98.7 Å². The van der Waals surface area contributed by atoms with E-state index >= 15 is 0 Å². The van der Waals surface area contributed by atoms with E-state index in [1.807, 2.05) is 0 Å². The topological polar surface area (TPSA) is 63.8 Å². The summed E-state index contributed by atoms with van der Waals surface area (Å²) in [6, 6.07) is 8.49. The molecule has 1 aromatic heterocycles. The van der Waals surface area contributed by atoms with E-state index in [2.05, 4.69) is 46.0 Å².